The van der Waals surface area contributed by atoms with Gasteiger partial charge in [-0.2, -0.15) is 13.2 Å². The van der Waals surface area contributed by atoms with Crippen LogP contribution in [0.3, 0.4) is 0 Å². The van der Waals surface area contributed by atoms with E-state index >= 15 is 0 Å². The van der Waals surface area contributed by atoms with Gasteiger partial charge in [-0.1, -0.05) is 11.6 Å². The van der Waals surface area contributed by atoms with Gasteiger partial charge in [0.25, 0.3) is 0 Å². The van der Waals surface area contributed by atoms with Gasteiger partial charge in [-0.3, -0.25) is 0 Å². The van der Waals surface area contributed by atoms with Crippen molar-refractivity contribution in [1.82, 2.24) is 0 Å². The number of alkyl halides is 3. The molecule has 8 heteroatoms. The summed E-state index contributed by atoms with van der Waals surface area (Å²) in [5, 5.41) is 8.00. The Morgan fingerprint density at radius 3 is 2.53 bits per heavy atom. The summed E-state index contributed by atoms with van der Waals surface area (Å²) in [6, 6.07) is 1.84. The SMILES string of the molecule is CC(=CC(=O)O)Oc1cc(Cl)c(C(F)(F)F)cc1I. The molecule has 0 bridgehead atoms. The molecule has 1 N–H and O–H groups in total. The van der Waals surface area contributed by atoms with E-state index in [4.69, 9.17) is 21.4 Å². The first-order chi connectivity index (χ1) is 8.61. The fourth-order valence-corrected chi connectivity index (χ4v) is 2.04. The summed E-state index contributed by atoms with van der Waals surface area (Å²) in [6.07, 6.45) is -3.76. The molecule has 0 unspecified atom stereocenters. The zero-order valence-electron chi connectivity index (χ0n) is 9.39. The average Bonchev–Trinajstić information content (AvgIpc) is 2.19. The fraction of sp³-hybridized carbons (Fsp3) is 0.182. The maximum Gasteiger partial charge on any atom is 0.417 e. The molecule has 0 aromatic heterocycles. The van der Waals surface area contributed by atoms with Crippen molar-refractivity contribution in [3.05, 3.63) is 38.1 Å². The molecule has 1 rings (SSSR count). The molecule has 104 valence electrons. The number of hydrogen-bond acceptors (Lipinski definition) is 2. The predicted octanol–water partition coefficient (Wildman–Crippen LogP) is 4.33. The summed E-state index contributed by atoms with van der Waals surface area (Å²) in [6.45, 7) is 1.37. The van der Waals surface area contributed by atoms with Crippen LogP contribution in [0, 0.1) is 3.57 Å². The number of hydrogen-bond donors (Lipinski definition) is 1. The minimum absolute atomic E-state index is 0.0289. The highest BCUT2D eigenvalue weighted by Gasteiger charge is 2.34. The fourth-order valence-electron chi connectivity index (χ4n) is 1.20. The van der Waals surface area contributed by atoms with Gasteiger partial charge >= 0.3 is 12.1 Å². The average molecular weight is 407 g/mol. The molecule has 19 heavy (non-hydrogen) atoms. The first-order valence-corrected chi connectivity index (χ1v) is 6.22. The van der Waals surface area contributed by atoms with Crippen molar-refractivity contribution < 1.29 is 27.8 Å². The number of benzene rings is 1. The zero-order valence-corrected chi connectivity index (χ0v) is 12.3. The number of allylic oxidation sites excluding steroid dienone is 1. The summed E-state index contributed by atoms with van der Waals surface area (Å²) >= 11 is 7.19. The van der Waals surface area contributed by atoms with Crippen LogP contribution in [-0.2, 0) is 11.0 Å². The number of ether oxygens (including phenoxy) is 1. The van der Waals surface area contributed by atoms with Gasteiger partial charge in [-0.25, -0.2) is 4.79 Å². The molecule has 0 heterocycles. The Kier molecular flexibility index (Phi) is 5.08. The van der Waals surface area contributed by atoms with Crippen LogP contribution >= 0.6 is 34.2 Å². The first kappa shape index (κ1) is 16.1. The summed E-state index contributed by atoms with van der Waals surface area (Å²) in [7, 11) is 0. The van der Waals surface area contributed by atoms with Crippen LogP contribution in [-0.4, -0.2) is 11.1 Å². The smallest absolute Gasteiger partial charge is 0.417 e. The van der Waals surface area contributed by atoms with Gasteiger partial charge in [0.15, 0.2) is 0 Å². The Hall–Kier alpha value is -0.960. The second-order valence-corrected chi connectivity index (χ2v) is 5.02. The zero-order chi connectivity index (χ0) is 14.8. The van der Waals surface area contributed by atoms with Crippen molar-refractivity contribution in [3.63, 3.8) is 0 Å². The van der Waals surface area contributed by atoms with Crippen molar-refractivity contribution in [2.24, 2.45) is 0 Å². The quantitative estimate of drug-likeness (QED) is 0.462. The molecule has 1 aromatic rings. The number of carboxylic acids is 1. The second-order valence-electron chi connectivity index (χ2n) is 3.46. The van der Waals surface area contributed by atoms with Gasteiger partial charge in [-0.05, 0) is 35.6 Å². The van der Waals surface area contributed by atoms with E-state index in [2.05, 4.69) is 0 Å². The Labute approximate surface area is 125 Å². The van der Waals surface area contributed by atoms with Gasteiger partial charge in [-0.15, -0.1) is 0 Å². The monoisotopic (exact) mass is 406 g/mol. The van der Waals surface area contributed by atoms with Crippen LogP contribution in [0.4, 0.5) is 13.2 Å². The minimum atomic E-state index is -4.55. The van der Waals surface area contributed by atoms with Crippen molar-refractivity contribution >= 4 is 40.2 Å². The number of carbonyl (C=O) groups is 1. The Balaban J connectivity index is 3.13. The Morgan fingerprint density at radius 2 is 2.05 bits per heavy atom. The van der Waals surface area contributed by atoms with Crippen LogP contribution in [0.25, 0.3) is 0 Å². The molecule has 0 spiro atoms. The lowest BCUT2D eigenvalue weighted by atomic mass is 10.2. The molecule has 1 aromatic carbocycles. The predicted molar refractivity (Wildman–Crippen MR) is 71.2 cm³/mol. The third-order valence-electron chi connectivity index (χ3n) is 1.92. The Morgan fingerprint density at radius 1 is 1.47 bits per heavy atom. The van der Waals surface area contributed by atoms with Crippen LogP contribution in [0.2, 0.25) is 5.02 Å². The van der Waals surface area contributed by atoms with E-state index in [0.29, 0.717) is 0 Å². The number of aliphatic carboxylic acids is 1. The number of carboxylic acid groups (broad SMARTS) is 1. The Bertz CT molecular complexity index is 541. The van der Waals surface area contributed by atoms with Crippen LogP contribution in [0.1, 0.15) is 12.5 Å². The standard InChI is InChI=1S/C11H7ClF3IO3/c1-5(2-10(17)18)19-9-4-7(12)6(3-8(9)16)11(13,14)15/h2-4H,1H3,(H,17,18). The van der Waals surface area contributed by atoms with Crippen molar-refractivity contribution in [2.75, 3.05) is 0 Å². The summed E-state index contributed by atoms with van der Waals surface area (Å²) in [5.74, 6) is -1.12. The normalized spacial score (nSPS) is 12.4. The number of halogens is 5. The number of rotatable bonds is 3. The highest BCUT2D eigenvalue weighted by Crippen LogP contribution is 2.39. The minimum Gasteiger partial charge on any atom is -0.478 e. The van der Waals surface area contributed by atoms with Crippen LogP contribution in [0.5, 0.6) is 5.75 Å². The summed E-state index contributed by atoms with van der Waals surface area (Å²) in [5.41, 5.74) is -0.967. The molecule has 0 aliphatic carbocycles. The van der Waals surface area contributed by atoms with Crippen LogP contribution in [0.15, 0.2) is 24.0 Å². The van der Waals surface area contributed by atoms with Crippen LogP contribution < -0.4 is 4.74 Å². The lowest BCUT2D eigenvalue weighted by Gasteiger charge is -2.13. The molecule has 0 radical (unpaired) electrons. The van der Waals surface area contributed by atoms with Gasteiger partial charge in [0.2, 0.25) is 0 Å². The van der Waals surface area contributed by atoms with Gasteiger partial charge < -0.3 is 9.84 Å². The molecule has 0 aliphatic rings. The van der Waals surface area contributed by atoms with E-state index in [9.17, 15) is 18.0 Å². The summed E-state index contributed by atoms with van der Waals surface area (Å²) < 4.78 is 43.0. The van der Waals surface area contributed by atoms with E-state index < -0.39 is 22.7 Å². The molecule has 3 nitrogen and oxygen atoms in total. The van der Waals surface area contributed by atoms with E-state index in [1.54, 1.807) is 22.6 Å². The lowest BCUT2D eigenvalue weighted by molar-refractivity contribution is -0.137. The maximum atomic E-state index is 12.6. The largest absolute Gasteiger partial charge is 0.478 e. The van der Waals surface area contributed by atoms with E-state index in [0.717, 1.165) is 18.2 Å². The lowest BCUT2D eigenvalue weighted by Crippen LogP contribution is -2.07. The highest BCUT2D eigenvalue weighted by molar-refractivity contribution is 14.1. The molecular formula is C11H7ClF3IO3. The molecule has 0 fully saturated rings. The highest BCUT2D eigenvalue weighted by atomic mass is 127. The molecule has 0 saturated heterocycles. The third-order valence-corrected chi connectivity index (χ3v) is 3.08. The molecule has 0 atom stereocenters. The van der Waals surface area contributed by atoms with E-state index in [1.807, 2.05) is 0 Å². The van der Waals surface area contributed by atoms with Gasteiger partial charge in [0.05, 0.1) is 20.2 Å². The second kappa shape index (κ2) is 6.00. The van der Waals surface area contributed by atoms with Crippen molar-refractivity contribution in [3.8, 4) is 5.75 Å². The van der Waals surface area contributed by atoms with E-state index in [1.165, 1.54) is 6.92 Å². The van der Waals surface area contributed by atoms with E-state index in [-0.39, 0.29) is 15.1 Å². The van der Waals surface area contributed by atoms with Gasteiger partial charge in [0.1, 0.15) is 11.5 Å². The van der Waals surface area contributed by atoms with Crippen molar-refractivity contribution in [1.29, 1.82) is 0 Å². The summed E-state index contributed by atoms with van der Waals surface area (Å²) in [4.78, 5) is 10.4. The van der Waals surface area contributed by atoms with Gasteiger partial charge in [0, 0.05) is 6.07 Å². The molecule has 0 amide bonds. The topological polar surface area (TPSA) is 46.5 Å². The molecule has 0 saturated carbocycles. The molecular weight excluding hydrogens is 399 g/mol. The maximum absolute atomic E-state index is 12.6. The van der Waals surface area contributed by atoms with Crippen molar-refractivity contribution in [2.45, 2.75) is 13.1 Å². The third kappa shape index (κ3) is 4.57. The first-order valence-electron chi connectivity index (χ1n) is 4.76. The molecule has 0 aliphatic heterocycles.